The molecule has 1 saturated heterocycles. The monoisotopic (exact) mass is 450 g/mol. The minimum Gasteiger partial charge on any atom is -0.495 e. The van der Waals surface area contributed by atoms with Gasteiger partial charge in [0.25, 0.3) is 0 Å². The Labute approximate surface area is 190 Å². The molecule has 7 heteroatoms. The number of benzene rings is 2. The van der Waals surface area contributed by atoms with E-state index in [4.69, 9.17) is 13.9 Å². The predicted molar refractivity (Wildman–Crippen MR) is 127 cm³/mol. The minimum atomic E-state index is -0.0895. The average Bonchev–Trinajstić information content (AvgIpc) is 3.54. The molecular formula is C25H26N2O4S. The van der Waals surface area contributed by atoms with E-state index in [2.05, 4.69) is 21.7 Å². The summed E-state index contributed by atoms with van der Waals surface area (Å²) in [7, 11) is 1.61. The molecule has 6 nitrogen and oxygen atoms in total. The molecule has 0 spiro atoms. The van der Waals surface area contributed by atoms with Crippen LogP contribution in [0.25, 0.3) is 21.9 Å². The van der Waals surface area contributed by atoms with Gasteiger partial charge in [-0.05, 0) is 36.4 Å². The van der Waals surface area contributed by atoms with E-state index in [1.54, 1.807) is 18.4 Å². The van der Waals surface area contributed by atoms with Crippen molar-refractivity contribution in [3.05, 3.63) is 58.8 Å². The van der Waals surface area contributed by atoms with Crippen LogP contribution in [0, 0.1) is 0 Å². The smallest absolute Gasteiger partial charge is 0.238 e. The van der Waals surface area contributed by atoms with Crippen LogP contribution in [0.1, 0.15) is 17.7 Å². The standard InChI is InChI=1S/C25H26N2O4S/c1-29-24-12-20-19-8-2-3-9-22(19)31-23(20)13-21(24)26-25(28)16-27(14-17-6-4-10-30-17)15-18-7-5-11-32-18/h2-3,5,7-9,11-13,17H,4,6,10,14-16H2,1H3,(H,26,28). The van der Waals surface area contributed by atoms with Crippen molar-refractivity contribution in [1.82, 2.24) is 4.90 Å². The van der Waals surface area contributed by atoms with Crippen LogP contribution in [0.5, 0.6) is 5.75 Å². The topological polar surface area (TPSA) is 63.9 Å². The lowest BCUT2D eigenvalue weighted by Crippen LogP contribution is -2.37. The number of ether oxygens (including phenoxy) is 2. The number of rotatable bonds is 8. The second-order valence-corrected chi connectivity index (χ2v) is 9.11. The molecule has 3 heterocycles. The van der Waals surface area contributed by atoms with E-state index in [1.807, 2.05) is 42.5 Å². The molecule has 0 saturated carbocycles. The van der Waals surface area contributed by atoms with Gasteiger partial charge in [0.2, 0.25) is 5.91 Å². The Morgan fingerprint density at radius 3 is 2.88 bits per heavy atom. The fraction of sp³-hybridized carbons (Fsp3) is 0.320. The van der Waals surface area contributed by atoms with Crippen LogP contribution in [-0.4, -0.2) is 43.7 Å². The first-order chi connectivity index (χ1) is 15.7. The summed E-state index contributed by atoms with van der Waals surface area (Å²) in [5, 5.41) is 7.08. The fourth-order valence-corrected chi connectivity index (χ4v) is 5.04. The van der Waals surface area contributed by atoms with E-state index in [-0.39, 0.29) is 18.6 Å². The first kappa shape index (κ1) is 21.0. The Hall–Kier alpha value is -2.87. The third-order valence-corrected chi connectivity index (χ3v) is 6.65. The van der Waals surface area contributed by atoms with Crippen molar-refractivity contribution in [2.75, 3.05) is 32.1 Å². The van der Waals surface area contributed by atoms with Gasteiger partial charge in [-0.15, -0.1) is 11.3 Å². The molecule has 1 unspecified atom stereocenters. The number of anilines is 1. The quantitative estimate of drug-likeness (QED) is 0.396. The zero-order chi connectivity index (χ0) is 21.9. The molecule has 1 fully saturated rings. The zero-order valence-electron chi connectivity index (χ0n) is 18.0. The van der Waals surface area contributed by atoms with Gasteiger partial charge in [-0.2, -0.15) is 0 Å². The molecule has 0 aliphatic carbocycles. The number of thiophene rings is 1. The van der Waals surface area contributed by atoms with Crippen LogP contribution >= 0.6 is 11.3 Å². The maximum absolute atomic E-state index is 13.0. The van der Waals surface area contributed by atoms with Crippen molar-refractivity contribution in [2.24, 2.45) is 0 Å². The summed E-state index contributed by atoms with van der Waals surface area (Å²) in [6.07, 6.45) is 2.31. The number of para-hydroxylation sites is 1. The third kappa shape index (κ3) is 4.50. The van der Waals surface area contributed by atoms with Gasteiger partial charge in [0, 0.05) is 41.4 Å². The second-order valence-electron chi connectivity index (χ2n) is 8.08. The van der Waals surface area contributed by atoms with Crippen molar-refractivity contribution in [1.29, 1.82) is 0 Å². The number of nitrogens with one attached hydrogen (secondary N) is 1. The second kappa shape index (κ2) is 9.32. The number of hydrogen-bond acceptors (Lipinski definition) is 6. The lowest BCUT2D eigenvalue weighted by atomic mass is 10.1. The van der Waals surface area contributed by atoms with Crippen LogP contribution in [0.15, 0.2) is 58.3 Å². The van der Waals surface area contributed by atoms with Crippen LogP contribution in [0.3, 0.4) is 0 Å². The largest absolute Gasteiger partial charge is 0.495 e. The number of nitrogens with zero attached hydrogens (tertiary/aromatic N) is 1. The van der Waals surface area contributed by atoms with Crippen molar-refractivity contribution in [2.45, 2.75) is 25.5 Å². The maximum atomic E-state index is 13.0. The van der Waals surface area contributed by atoms with Crippen molar-refractivity contribution in [3.63, 3.8) is 0 Å². The summed E-state index contributed by atoms with van der Waals surface area (Å²) < 4.78 is 17.4. The molecule has 2 aromatic carbocycles. The molecule has 1 amide bonds. The Kier molecular flexibility index (Phi) is 6.12. The lowest BCUT2D eigenvalue weighted by molar-refractivity contribution is -0.117. The van der Waals surface area contributed by atoms with Gasteiger partial charge in [0.05, 0.1) is 25.4 Å². The van der Waals surface area contributed by atoms with Crippen LogP contribution in [-0.2, 0) is 16.1 Å². The average molecular weight is 451 g/mol. The molecule has 0 radical (unpaired) electrons. The zero-order valence-corrected chi connectivity index (χ0v) is 18.8. The minimum absolute atomic E-state index is 0.0895. The first-order valence-electron chi connectivity index (χ1n) is 10.8. The number of methoxy groups -OCH3 is 1. The molecule has 0 bridgehead atoms. The highest BCUT2D eigenvalue weighted by Crippen LogP contribution is 2.36. The fourth-order valence-electron chi connectivity index (χ4n) is 4.30. The van der Waals surface area contributed by atoms with Crippen LogP contribution < -0.4 is 10.1 Å². The van der Waals surface area contributed by atoms with Crippen LogP contribution in [0.4, 0.5) is 5.69 Å². The summed E-state index contributed by atoms with van der Waals surface area (Å²) in [5.74, 6) is 0.523. The SMILES string of the molecule is COc1cc2c(cc1NC(=O)CN(Cc1cccs1)CC1CCCO1)oc1ccccc12. The van der Waals surface area contributed by atoms with Crippen molar-refractivity contribution >= 4 is 44.9 Å². The van der Waals surface area contributed by atoms with Crippen LogP contribution in [0.2, 0.25) is 0 Å². The number of hydrogen-bond donors (Lipinski definition) is 1. The van der Waals surface area contributed by atoms with Gasteiger partial charge < -0.3 is 19.2 Å². The number of amides is 1. The number of carbonyl (C=O) groups is 1. The summed E-state index contributed by atoms with van der Waals surface area (Å²) >= 11 is 1.70. The molecular weight excluding hydrogens is 424 g/mol. The van der Waals surface area contributed by atoms with Gasteiger partial charge in [-0.25, -0.2) is 0 Å². The third-order valence-electron chi connectivity index (χ3n) is 5.79. The molecule has 32 heavy (non-hydrogen) atoms. The van der Waals surface area contributed by atoms with Crippen molar-refractivity contribution in [3.8, 4) is 5.75 Å². The molecule has 5 rings (SSSR count). The van der Waals surface area contributed by atoms with E-state index in [0.717, 1.165) is 54.5 Å². The van der Waals surface area contributed by atoms with E-state index in [1.165, 1.54) is 4.88 Å². The Balaban J connectivity index is 1.35. The van der Waals surface area contributed by atoms with Gasteiger partial charge in [-0.1, -0.05) is 24.3 Å². The van der Waals surface area contributed by atoms with Gasteiger partial charge in [0.15, 0.2) is 0 Å². The molecule has 166 valence electrons. The molecule has 4 aromatic rings. The van der Waals surface area contributed by atoms with Gasteiger partial charge in [0.1, 0.15) is 16.9 Å². The molecule has 1 atom stereocenters. The lowest BCUT2D eigenvalue weighted by Gasteiger charge is -2.24. The van der Waals surface area contributed by atoms with Gasteiger partial charge >= 0.3 is 0 Å². The highest BCUT2D eigenvalue weighted by molar-refractivity contribution is 7.09. The first-order valence-corrected chi connectivity index (χ1v) is 11.7. The predicted octanol–water partition coefficient (Wildman–Crippen LogP) is 5.28. The molecule has 1 N–H and O–H groups in total. The van der Waals surface area contributed by atoms with E-state index in [9.17, 15) is 4.79 Å². The number of fused-ring (bicyclic) bond motifs is 3. The normalized spacial score (nSPS) is 16.2. The van der Waals surface area contributed by atoms with Gasteiger partial charge in [-0.3, -0.25) is 9.69 Å². The Bertz CT molecular complexity index is 1210. The summed E-state index contributed by atoms with van der Waals surface area (Å²) in [6, 6.07) is 15.8. The summed E-state index contributed by atoms with van der Waals surface area (Å²) in [4.78, 5) is 16.4. The molecule has 1 aliphatic heterocycles. The summed E-state index contributed by atoms with van der Waals surface area (Å²) in [6.45, 7) is 2.55. The van der Waals surface area contributed by atoms with Crippen molar-refractivity contribution < 1.29 is 18.7 Å². The molecule has 1 aliphatic rings. The highest BCUT2D eigenvalue weighted by Gasteiger charge is 2.22. The Morgan fingerprint density at radius 1 is 1.19 bits per heavy atom. The highest BCUT2D eigenvalue weighted by atomic mass is 32.1. The van der Waals surface area contributed by atoms with E-state index in [0.29, 0.717) is 11.4 Å². The van der Waals surface area contributed by atoms with E-state index >= 15 is 0 Å². The summed E-state index contributed by atoms with van der Waals surface area (Å²) in [5.41, 5.74) is 2.14. The number of furan rings is 1. The molecule has 2 aromatic heterocycles. The maximum Gasteiger partial charge on any atom is 0.238 e. The Morgan fingerprint density at radius 2 is 2.09 bits per heavy atom. The van der Waals surface area contributed by atoms with E-state index < -0.39 is 0 Å². The number of carbonyl (C=O) groups excluding carboxylic acids is 1.